The molecule has 26 heavy (non-hydrogen) atoms. The average Bonchev–Trinajstić information content (AvgIpc) is 3.31. The summed E-state index contributed by atoms with van der Waals surface area (Å²) in [5, 5.41) is 7.04. The van der Waals surface area contributed by atoms with Crippen LogP contribution in [0.3, 0.4) is 0 Å². The molecular formula is C18H19N3O4S. The Morgan fingerprint density at radius 3 is 2.77 bits per heavy atom. The number of methoxy groups -OCH3 is 1. The lowest BCUT2D eigenvalue weighted by Gasteiger charge is -2.20. The van der Waals surface area contributed by atoms with Gasteiger partial charge in [0.25, 0.3) is 0 Å². The molecule has 2 heterocycles. The molecule has 1 aromatic carbocycles. The number of amides is 3. The van der Waals surface area contributed by atoms with Crippen molar-refractivity contribution < 1.29 is 19.1 Å². The highest BCUT2D eigenvalue weighted by Gasteiger charge is 2.25. The van der Waals surface area contributed by atoms with E-state index in [1.54, 1.807) is 23.1 Å². The van der Waals surface area contributed by atoms with Crippen molar-refractivity contribution in [2.45, 2.75) is 19.4 Å². The van der Waals surface area contributed by atoms with Crippen LogP contribution in [0.4, 0.5) is 11.4 Å². The molecule has 7 nitrogen and oxygen atoms in total. The van der Waals surface area contributed by atoms with Gasteiger partial charge in [0.1, 0.15) is 5.75 Å². The van der Waals surface area contributed by atoms with E-state index >= 15 is 0 Å². The molecule has 136 valence electrons. The van der Waals surface area contributed by atoms with Crippen LogP contribution in [0.25, 0.3) is 0 Å². The molecule has 3 rings (SSSR count). The minimum absolute atomic E-state index is 0.0143. The summed E-state index contributed by atoms with van der Waals surface area (Å²) in [4.78, 5) is 38.6. The third kappa shape index (κ3) is 4.02. The van der Waals surface area contributed by atoms with E-state index in [0.29, 0.717) is 36.6 Å². The fraction of sp³-hybridized carbons (Fsp3) is 0.278. The number of nitrogens with zero attached hydrogens (tertiary/aromatic N) is 1. The van der Waals surface area contributed by atoms with Crippen molar-refractivity contribution >= 4 is 40.4 Å². The molecule has 0 saturated carbocycles. The smallest absolute Gasteiger partial charge is 0.313 e. The first-order chi connectivity index (χ1) is 12.6. The van der Waals surface area contributed by atoms with E-state index in [4.69, 9.17) is 4.74 Å². The third-order valence-electron chi connectivity index (χ3n) is 4.01. The summed E-state index contributed by atoms with van der Waals surface area (Å²) in [6.45, 7) is 0.911. The standard InChI is InChI=1S/C18H19N3O4S/c1-25-15-7-6-12(10-14(15)21-8-2-5-16(21)22)20-18(24)17(23)19-11-13-4-3-9-26-13/h3-4,6-7,9-10H,2,5,8,11H2,1H3,(H,19,23)(H,20,24). The number of carbonyl (C=O) groups is 3. The van der Waals surface area contributed by atoms with Crippen LogP contribution < -0.4 is 20.3 Å². The lowest BCUT2D eigenvalue weighted by Crippen LogP contribution is -2.34. The average molecular weight is 373 g/mol. The van der Waals surface area contributed by atoms with Gasteiger partial charge in [0.05, 0.1) is 19.3 Å². The fourth-order valence-corrected chi connectivity index (χ4v) is 3.37. The van der Waals surface area contributed by atoms with E-state index in [1.165, 1.54) is 18.4 Å². The molecule has 1 aliphatic heterocycles. The van der Waals surface area contributed by atoms with Crippen LogP contribution in [-0.4, -0.2) is 31.4 Å². The van der Waals surface area contributed by atoms with E-state index in [-0.39, 0.29) is 5.91 Å². The van der Waals surface area contributed by atoms with Crippen molar-refractivity contribution in [3.63, 3.8) is 0 Å². The summed E-state index contributed by atoms with van der Waals surface area (Å²) in [6, 6.07) is 8.70. The number of carbonyl (C=O) groups excluding carboxylic acids is 3. The molecular weight excluding hydrogens is 354 g/mol. The highest BCUT2D eigenvalue weighted by atomic mass is 32.1. The summed E-state index contributed by atoms with van der Waals surface area (Å²) in [7, 11) is 1.52. The largest absolute Gasteiger partial charge is 0.495 e. The molecule has 3 amide bonds. The molecule has 0 bridgehead atoms. The first-order valence-electron chi connectivity index (χ1n) is 8.18. The Labute approximate surface area is 155 Å². The maximum atomic E-state index is 12.1. The van der Waals surface area contributed by atoms with Crippen LogP contribution in [-0.2, 0) is 20.9 Å². The van der Waals surface area contributed by atoms with Gasteiger partial charge < -0.3 is 20.3 Å². The Morgan fingerprint density at radius 1 is 1.27 bits per heavy atom. The number of benzene rings is 1. The molecule has 1 aliphatic rings. The molecule has 0 unspecified atom stereocenters. The Morgan fingerprint density at radius 2 is 2.12 bits per heavy atom. The van der Waals surface area contributed by atoms with Gasteiger partial charge in [-0.2, -0.15) is 0 Å². The van der Waals surface area contributed by atoms with Gasteiger partial charge in [-0.05, 0) is 36.1 Å². The van der Waals surface area contributed by atoms with Gasteiger partial charge in [-0.3, -0.25) is 14.4 Å². The second kappa shape index (κ2) is 8.01. The SMILES string of the molecule is COc1ccc(NC(=O)C(=O)NCc2cccs2)cc1N1CCCC1=O. The van der Waals surface area contributed by atoms with Crippen molar-refractivity contribution in [3.05, 3.63) is 40.6 Å². The Balaban J connectivity index is 1.67. The highest BCUT2D eigenvalue weighted by Crippen LogP contribution is 2.33. The molecule has 0 spiro atoms. The summed E-state index contributed by atoms with van der Waals surface area (Å²) in [6.07, 6.45) is 1.27. The second-order valence-electron chi connectivity index (χ2n) is 5.75. The first-order valence-corrected chi connectivity index (χ1v) is 9.06. The Kier molecular flexibility index (Phi) is 5.52. The van der Waals surface area contributed by atoms with Crippen molar-refractivity contribution in [2.24, 2.45) is 0 Å². The highest BCUT2D eigenvalue weighted by molar-refractivity contribution is 7.09. The van der Waals surface area contributed by atoms with Crippen molar-refractivity contribution in [1.82, 2.24) is 5.32 Å². The molecule has 1 aromatic heterocycles. The van der Waals surface area contributed by atoms with Crippen LogP contribution >= 0.6 is 11.3 Å². The monoisotopic (exact) mass is 373 g/mol. The minimum Gasteiger partial charge on any atom is -0.495 e. The third-order valence-corrected chi connectivity index (χ3v) is 4.89. The molecule has 8 heteroatoms. The van der Waals surface area contributed by atoms with E-state index in [9.17, 15) is 14.4 Å². The summed E-state index contributed by atoms with van der Waals surface area (Å²) in [5.41, 5.74) is 1.02. The van der Waals surface area contributed by atoms with Crippen LogP contribution in [0.2, 0.25) is 0 Å². The molecule has 1 fully saturated rings. The maximum absolute atomic E-state index is 12.1. The van der Waals surface area contributed by atoms with E-state index in [0.717, 1.165) is 11.3 Å². The number of rotatable bonds is 5. The van der Waals surface area contributed by atoms with Gasteiger partial charge >= 0.3 is 11.8 Å². The Bertz CT molecular complexity index is 820. The van der Waals surface area contributed by atoms with E-state index in [2.05, 4.69) is 10.6 Å². The molecule has 2 N–H and O–H groups in total. The Hall–Kier alpha value is -2.87. The van der Waals surface area contributed by atoms with Gasteiger partial charge in [0.15, 0.2) is 0 Å². The van der Waals surface area contributed by atoms with Crippen LogP contribution in [0.15, 0.2) is 35.7 Å². The number of nitrogens with one attached hydrogen (secondary N) is 2. The lowest BCUT2D eigenvalue weighted by atomic mass is 10.2. The van der Waals surface area contributed by atoms with Gasteiger partial charge in [0, 0.05) is 23.5 Å². The quantitative estimate of drug-likeness (QED) is 0.786. The number of hydrogen-bond acceptors (Lipinski definition) is 5. The van der Waals surface area contributed by atoms with Crippen molar-refractivity contribution in [2.75, 3.05) is 23.9 Å². The summed E-state index contributed by atoms with van der Waals surface area (Å²) < 4.78 is 5.31. The van der Waals surface area contributed by atoms with Gasteiger partial charge in [-0.15, -0.1) is 11.3 Å². The minimum atomic E-state index is -0.759. The number of ether oxygens (including phenoxy) is 1. The normalized spacial score (nSPS) is 13.6. The van der Waals surface area contributed by atoms with Gasteiger partial charge in [0.2, 0.25) is 5.91 Å². The van der Waals surface area contributed by atoms with Crippen LogP contribution in [0, 0.1) is 0 Å². The van der Waals surface area contributed by atoms with E-state index < -0.39 is 11.8 Å². The fourth-order valence-electron chi connectivity index (χ4n) is 2.73. The van der Waals surface area contributed by atoms with Crippen LogP contribution in [0.5, 0.6) is 5.75 Å². The number of thiophene rings is 1. The molecule has 0 atom stereocenters. The molecule has 1 saturated heterocycles. The molecule has 0 radical (unpaired) electrons. The number of hydrogen-bond donors (Lipinski definition) is 2. The van der Waals surface area contributed by atoms with E-state index in [1.807, 2.05) is 17.5 Å². The summed E-state index contributed by atoms with van der Waals surface area (Å²) in [5.74, 6) is -0.917. The van der Waals surface area contributed by atoms with Crippen LogP contribution in [0.1, 0.15) is 17.7 Å². The second-order valence-corrected chi connectivity index (χ2v) is 6.78. The maximum Gasteiger partial charge on any atom is 0.313 e. The predicted octanol–water partition coefficient (Wildman–Crippen LogP) is 2.14. The topological polar surface area (TPSA) is 87.7 Å². The molecule has 2 aromatic rings. The van der Waals surface area contributed by atoms with Crippen molar-refractivity contribution in [3.8, 4) is 5.75 Å². The first kappa shape index (κ1) is 17.9. The summed E-state index contributed by atoms with van der Waals surface area (Å²) >= 11 is 1.50. The predicted molar refractivity (Wildman–Crippen MR) is 99.4 cm³/mol. The van der Waals surface area contributed by atoms with Gasteiger partial charge in [-0.25, -0.2) is 0 Å². The zero-order valence-corrected chi connectivity index (χ0v) is 15.1. The lowest BCUT2D eigenvalue weighted by molar-refractivity contribution is -0.136. The zero-order valence-electron chi connectivity index (χ0n) is 14.3. The van der Waals surface area contributed by atoms with Gasteiger partial charge in [-0.1, -0.05) is 6.07 Å². The van der Waals surface area contributed by atoms with Crippen molar-refractivity contribution in [1.29, 1.82) is 0 Å². The molecule has 0 aliphatic carbocycles. The number of anilines is 2. The zero-order chi connectivity index (χ0) is 18.5.